The van der Waals surface area contributed by atoms with Gasteiger partial charge in [-0.1, -0.05) is 30.3 Å². The molecule has 1 amide bonds. The van der Waals surface area contributed by atoms with E-state index in [9.17, 15) is 4.79 Å². The van der Waals surface area contributed by atoms with Crippen molar-refractivity contribution in [3.05, 3.63) is 77.4 Å². The van der Waals surface area contributed by atoms with Gasteiger partial charge in [0.15, 0.2) is 0 Å². The van der Waals surface area contributed by atoms with Crippen LogP contribution in [-0.2, 0) is 6.42 Å². The molecule has 1 N–H and O–H groups in total. The van der Waals surface area contributed by atoms with Crippen LogP contribution in [0, 0.1) is 0 Å². The molecule has 34 heavy (non-hydrogen) atoms. The molecule has 0 aromatic heterocycles. The third-order valence-electron chi connectivity index (χ3n) is 7.41. The highest BCUT2D eigenvalue weighted by Gasteiger charge is 2.39. The van der Waals surface area contributed by atoms with E-state index in [1.807, 2.05) is 37.0 Å². The first kappa shape index (κ1) is 26.0. The summed E-state index contributed by atoms with van der Waals surface area (Å²) in [5.41, 5.74) is 4.34. The first-order valence-electron chi connectivity index (χ1n) is 12.4. The first-order valence-corrected chi connectivity index (χ1v) is 12.4. The van der Waals surface area contributed by atoms with E-state index >= 15 is 0 Å². The zero-order chi connectivity index (χ0) is 24.9. The lowest BCUT2D eigenvalue weighted by Gasteiger charge is -2.50. The standard InChI is InChI=1S/C29H41N3O2/c1-8-17-32-20-26(30-21(4)29(32,5)6)25-16-13-23(19-27(25)34-7)18-22-11-14-24(15-12-22)28(33)31(9-2)10-3/h8,11-16,19,21,26,30H,1,9-10,17-18,20H2,2-7H3. The number of benzene rings is 2. The first-order chi connectivity index (χ1) is 16.2. The molecular weight excluding hydrogens is 422 g/mol. The molecule has 184 valence electrons. The summed E-state index contributed by atoms with van der Waals surface area (Å²) in [5, 5.41) is 3.80. The third kappa shape index (κ3) is 5.53. The Morgan fingerprint density at radius 2 is 1.82 bits per heavy atom. The minimum Gasteiger partial charge on any atom is -0.496 e. The molecule has 5 nitrogen and oxygen atoms in total. The Labute approximate surface area is 205 Å². The third-order valence-corrected chi connectivity index (χ3v) is 7.41. The van der Waals surface area contributed by atoms with Crippen molar-refractivity contribution in [2.75, 3.05) is 33.3 Å². The molecule has 3 rings (SSSR count). The van der Waals surface area contributed by atoms with Gasteiger partial charge in [0.25, 0.3) is 5.91 Å². The molecule has 0 bridgehead atoms. The van der Waals surface area contributed by atoms with Crippen LogP contribution >= 0.6 is 0 Å². The van der Waals surface area contributed by atoms with E-state index in [1.165, 1.54) is 16.7 Å². The van der Waals surface area contributed by atoms with Gasteiger partial charge in [-0.3, -0.25) is 9.69 Å². The Hall–Kier alpha value is -2.63. The zero-order valence-corrected chi connectivity index (χ0v) is 21.7. The van der Waals surface area contributed by atoms with Crippen LogP contribution in [0.3, 0.4) is 0 Å². The average Bonchev–Trinajstić information content (AvgIpc) is 2.83. The second-order valence-electron chi connectivity index (χ2n) is 9.72. The van der Waals surface area contributed by atoms with Gasteiger partial charge >= 0.3 is 0 Å². The van der Waals surface area contributed by atoms with Crippen molar-refractivity contribution in [1.29, 1.82) is 0 Å². The quantitative estimate of drug-likeness (QED) is 0.528. The molecule has 1 saturated heterocycles. The monoisotopic (exact) mass is 463 g/mol. The number of carbonyl (C=O) groups excluding carboxylic acids is 1. The van der Waals surface area contributed by atoms with Gasteiger partial charge in [0, 0.05) is 54.9 Å². The van der Waals surface area contributed by atoms with E-state index < -0.39 is 0 Å². The van der Waals surface area contributed by atoms with E-state index in [1.54, 1.807) is 7.11 Å². The normalized spacial score (nSPS) is 20.1. The topological polar surface area (TPSA) is 44.8 Å². The van der Waals surface area contributed by atoms with Crippen molar-refractivity contribution >= 4 is 5.91 Å². The molecule has 2 atom stereocenters. The van der Waals surface area contributed by atoms with Crippen molar-refractivity contribution < 1.29 is 9.53 Å². The molecule has 0 spiro atoms. The van der Waals surface area contributed by atoms with E-state index in [0.29, 0.717) is 6.04 Å². The fraction of sp³-hybridized carbons (Fsp3) is 0.483. The number of rotatable bonds is 9. The fourth-order valence-corrected chi connectivity index (χ4v) is 4.79. The van der Waals surface area contributed by atoms with Gasteiger partial charge in [-0.2, -0.15) is 0 Å². The minimum atomic E-state index is 0.0523. The Bertz CT molecular complexity index is 979. The number of nitrogens with zero attached hydrogens (tertiary/aromatic N) is 2. The van der Waals surface area contributed by atoms with Crippen LogP contribution in [0.4, 0.5) is 0 Å². The van der Waals surface area contributed by atoms with E-state index in [0.717, 1.165) is 43.9 Å². The summed E-state index contributed by atoms with van der Waals surface area (Å²) in [7, 11) is 1.74. The van der Waals surface area contributed by atoms with E-state index in [4.69, 9.17) is 4.74 Å². The van der Waals surface area contributed by atoms with E-state index in [2.05, 4.69) is 67.9 Å². The minimum absolute atomic E-state index is 0.0523. The van der Waals surface area contributed by atoms with Gasteiger partial charge in [0.1, 0.15) is 5.75 Å². The summed E-state index contributed by atoms with van der Waals surface area (Å²) < 4.78 is 5.83. The number of ether oxygens (including phenoxy) is 1. The second-order valence-corrected chi connectivity index (χ2v) is 9.72. The summed E-state index contributed by atoms with van der Waals surface area (Å²) in [6, 6.07) is 15.0. The Morgan fingerprint density at radius 1 is 1.18 bits per heavy atom. The molecule has 2 aromatic rings. The molecule has 1 heterocycles. The average molecular weight is 464 g/mol. The number of nitrogens with one attached hydrogen (secondary N) is 1. The molecular formula is C29H41N3O2. The predicted octanol–water partition coefficient (Wildman–Crippen LogP) is 5.07. The number of amides is 1. The van der Waals surface area contributed by atoms with Gasteiger partial charge in [-0.25, -0.2) is 0 Å². The zero-order valence-electron chi connectivity index (χ0n) is 21.7. The second kappa shape index (κ2) is 11.2. The van der Waals surface area contributed by atoms with Crippen molar-refractivity contribution in [1.82, 2.24) is 15.1 Å². The van der Waals surface area contributed by atoms with Crippen molar-refractivity contribution in [3.63, 3.8) is 0 Å². The maximum Gasteiger partial charge on any atom is 0.253 e. The highest BCUT2D eigenvalue weighted by Crippen LogP contribution is 2.34. The van der Waals surface area contributed by atoms with Crippen LogP contribution in [0.25, 0.3) is 0 Å². The van der Waals surface area contributed by atoms with Crippen molar-refractivity contribution in [2.45, 2.75) is 58.7 Å². The van der Waals surface area contributed by atoms with Crippen LogP contribution in [0.1, 0.15) is 67.7 Å². The number of piperazine rings is 1. The van der Waals surface area contributed by atoms with Gasteiger partial charge in [0.05, 0.1) is 7.11 Å². The van der Waals surface area contributed by atoms with Gasteiger partial charge in [-0.15, -0.1) is 6.58 Å². The van der Waals surface area contributed by atoms with Gasteiger partial charge in [0.2, 0.25) is 0 Å². The van der Waals surface area contributed by atoms with Gasteiger partial charge < -0.3 is 15.0 Å². The lowest BCUT2D eigenvalue weighted by molar-refractivity contribution is 0.0408. The number of hydrogen-bond donors (Lipinski definition) is 1. The number of hydrogen-bond acceptors (Lipinski definition) is 4. The highest BCUT2D eigenvalue weighted by atomic mass is 16.5. The fourth-order valence-electron chi connectivity index (χ4n) is 4.79. The summed E-state index contributed by atoms with van der Waals surface area (Å²) >= 11 is 0. The Morgan fingerprint density at radius 3 is 2.41 bits per heavy atom. The van der Waals surface area contributed by atoms with Crippen LogP contribution in [-0.4, -0.2) is 60.6 Å². The summed E-state index contributed by atoms with van der Waals surface area (Å²) in [5.74, 6) is 0.999. The van der Waals surface area contributed by atoms with Crippen molar-refractivity contribution in [2.24, 2.45) is 0 Å². The highest BCUT2D eigenvalue weighted by molar-refractivity contribution is 5.94. The molecule has 5 heteroatoms. The summed E-state index contributed by atoms with van der Waals surface area (Å²) in [4.78, 5) is 16.9. The van der Waals surface area contributed by atoms with Gasteiger partial charge in [-0.05, 0) is 70.4 Å². The lowest BCUT2D eigenvalue weighted by atomic mass is 9.87. The van der Waals surface area contributed by atoms with Crippen LogP contribution < -0.4 is 10.1 Å². The molecule has 1 aliphatic heterocycles. The summed E-state index contributed by atoms with van der Waals surface area (Å²) in [6.07, 6.45) is 2.78. The van der Waals surface area contributed by atoms with E-state index in [-0.39, 0.29) is 17.5 Å². The predicted molar refractivity (Wildman–Crippen MR) is 141 cm³/mol. The summed E-state index contributed by atoms with van der Waals surface area (Å²) in [6.45, 7) is 18.0. The molecule has 1 aliphatic rings. The molecule has 2 unspecified atom stereocenters. The Balaban J connectivity index is 1.77. The smallest absolute Gasteiger partial charge is 0.253 e. The van der Waals surface area contributed by atoms with Crippen LogP contribution in [0.5, 0.6) is 5.75 Å². The maximum absolute atomic E-state index is 12.6. The molecule has 2 aromatic carbocycles. The number of carbonyl (C=O) groups is 1. The molecule has 0 aliphatic carbocycles. The molecule has 0 radical (unpaired) electrons. The van der Waals surface area contributed by atoms with Crippen molar-refractivity contribution in [3.8, 4) is 5.75 Å². The lowest BCUT2D eigenvalue weighted by Crippen LogP contribution is -2.63. The molecule has 0 saturated carbocycles. The SMILES string of the molecule is C=CCN1CC(c2ccc(Cc3ccc(C(=O)N(CC)CC)cc3)cc2OC)NC(C)C1(C)C. The van der Waals surface area contributed by atoms with Crippen LogP contribution in [0.2, 0.25) is 0 Å². The van der Waals surface area contributed by atoms with Crippen LogP contribution in [0.15, 0.2) is 55.1 Å². The molecule has 1 fully saturated rings. The Kier molecular flexibility index (Phi) is 8.56. The number of methoxy groups -OCH3 is 1. The maximum atomic E-state index is 12.6. The largest absolute Gasteiger partial charge is 0.496 e.